The summed E-state index contributed by atoms with van der Waals surface area (Å²) >= 11 is 0. The molecular formula is C17H21F3N4O3S. The van der Waals surface area contributed by atoms with Gasteiger partial charge in [-0.3, -0.25) is 4.79 Å². The molecular weight excluding hydrogens is 397 g/mol. The maximum atomic E-state index is 13.3. The van der Waals surface area contributed by atoms with Crippen molar-refractivity contribution in [2.24, 2.45) is 0 Å². The third kappa shape index (κ3) is 4.46. The molecule has 11 heteroatoms. The number of hydrogen-bond acceptors (Lipinski definition) is 4. The predicted octanol–water partition coefficient (Wildman–Crippen LogP) is 1.91. The van der Waals surface area contributed by atoms with Crippen LogP contribution in [0.4, 0.5) is 13.2 Å². The minimum Gasteiger partial charge on any atom is -0.353 e. The molecule has 1 aliphatic heterocycles. The van der Waals surface area contributed by atoms with Crippen molar-refractivity contribution in [2.75, 3.05) is 25.4 Å². The second kappa shape index (κ2) is 7.70. The molecule has 0 unspecified atom stereocenters. The third-order valence-electron chi connectivity index (χ3n) is 4.60. The van der Waals surface area contributed by atoms with E-state index in [1.165, 1.54) is 16.4 Å². The maximum absolute atomic E-state index is 13.3. The van der Waals surface area contributed by atoms with E-state index in [0.29, 0.717) is 13.1 Å². The topological polar surface area (TPSA) is 84.3 Å². The molecule has 0 spiro atoms. The van der Waals surface area contributed by atoms with Gasteiger partial charge in [0.15, 0.2) is 0 Å². The number of nitrogens with zero attached hydrogens (tertiary/aromatic N) is 3. The molecule has 1 saturated heterocycles. The van der Waals surface area contributed by atoms with Crippen LogP contribution in [-0.2, 0) is 27.5 Å². The van der Waals surface area contributed by atoms with Crippen LogP contribution in [0, 0.1) is 6.92 Å². The van der Waals surface area contributed by atoms with Gasteiger partial charge in [0.1, 0.15) is 6.54 Å². The Balaban J connectivity index is 1.71. The van der Waals surface area contributed by atoms with E-state index in [1.54, 1.807) is 13.0 Å². The lowest BCUT2D eigenvalue weighted by atomic mass is 10.2. The van der Waals surface area contributed by atoms with Crippen LogP contribution in [0.3, 0.4) is 0 Å². The highest BCUT2D eigenvalue weighted by Crippen LogP contribution is 2.31. The number of nitrogens with one attached hydrogen (secondary N) is 1. The number of aryl methyl sites for hydroxylation is 1. The highest BCUT2D eigenvalue weighted by Gasteiger charge is 2.38. The lowest BCUT2D eigenvalue weighted by Gasteiger charge is -2.16. The van der Waals surface area contributed by atoms with Crippen molar-refractivity contribution < 1.29 is 26.4 Å². The largest absolute Gasteiger partial charge is 0.449 e. The van der Waals surface area contributed by atoms with Crippen molar-refractivity contribution in [3.05, 3.63) is 29.6 Å². The molecule has 2 aromatic rings. The number of halogens is 3. The standard InChI is InChI=1S/C17H21F3N4O3S/c1-12-4-5-13-14(10-12)24(16(22-13)17(18,19)20)11-15(25)21-6-9-28(26,27)23-7-2-3-8-23/h4-5,10H,2-3,6-9,11H2,1H3,(H,21,25). The zero-order chi connectivity index (χ0) is 20.5. The van der Waals surface area contributed by atoms with E-state index in [1.807, 2.05) is 0 Å². The number of carbonyl (C=O) groups excluding carboxylic acids is 1. The van der Waals surface area contributed by atoms with Gasteiger partial charge in [-0.1, -0.05) is 6.07 Å². The smallest absolute Gasteiger partial charge is 0.353 e. The van der Waals surface area contributed by atoms with E-state index in [0.717, 1.165) is 23.0 Å². The number of imidazole rings is 1. The maximum Gasteiger partial charge on any atom is 0.449 e. The summed E-state index contributed by atoms with van der Waals surface area (Å²) in [5, 5.41) is 2.40. The van der Waals surface area contributed by atoms with Crippen molar-refractivity contribution in [2.45, 2.75) is 32.5 Å². The summed E-state index contributed by atoms with van der Waals surface area (Å²) in [7, 11) is -3.47. The SMILES string of the molecule is Cc1ccc2nc(C(F)(F)F)n(CC(=O)NCCS(=O)(=O)N3CCCC3)c2c1. The van der Waals surface area contributed by atoms with Crippen LogP contribution in [-0.4, -0.2) is 53.6 Å². The first-order chi connectivity index (χ1) is 13.1. The molecule has 7 nitrogen and oxygen atoms in total. The Kier molecular flexibility index (Phi) is 5.67. The molecule has 1 fully saturated rings. The molecule has 1 N–H and O–H groups in total. The van der Waals surface area contributed by atoms with E-state index >= 15 is 0 Å². The lowest BCUT2D eigenvalue weighted by molar-refractivity contribution is -0.147. The minimum atomic E-state index is -4.72. The zero-order valence-electron chi connectivity index (χ0n) is 15.3. The average Bonchev–Trinajstić information content (AvgIpc) is 3.23. The Bertz CT molecular complexity index is 979. The molecule has 3 rings (SSSR count). The molecule has 1 aromatic heterocycles. The molecule has 0 saturated carbocycles. The Labute approximate surface area is 160 Å². The molecule has 1 aliphatic rings. The Hall–Kier alpha value is -2.14. The highest BCUT2D eigenvalue weighted by atomic mass is 32.2. The number of sulfonamides is 1. The van der Waals surface area contributed by atoms with Crippen molar-refractivity contribution in [1.29, 1.82) is 0 Å². The van der Waals surface area contributed by atoms with E-state index in [2.05, 4.69) is 10.3 Å². The van der Waals surface area contributed by atoms with Crippen molar-refractivity contribution in [3.8, 4) is 0 Å². The molecule has 0 radical (unpaired) electrons. The average molecular weight is 418 g/mol. The first-order valence-electron chi connectivity index (χ1n) is 8.86. The van der Waals surface area contributed by atoms with Gasteiger partial charge in [0, 0.05) is 19.6 Å². The first kappa shape index (κ1) is 20.6. The van der Waals surface area contributed by atoms with Gasteiger partial charge in [-0.2, -0.15) is 13.2 Å². The quantitative estimate of drug-likeness (QED) is 0.777. The van der Waals surface area contributed by atoms with Gasteiger partial charge in [-0.15, -0.1) is 0 Å². The highest BCUT2D eigenvalue weighted by molar-refractivity contribution is 7.89. The first-order valence-corrected chi connectivity index (χ1v) is 10.5. The van der Waals surface area contributed by atoms with Crippen LogP contribution >= 0.6 is 0 Å². The number of benzene rings is 1. The van der Waals surface area contributed by atoms with Crippen molar-refractivity contribution >= 4 is 27.0 Å². The van der Waals surface area contributed by atoms with Crippen LogP contribution in [0.1, 0.15) is 24.2 Å². The van der Waals surface area contributed by atoms with E-state index in [9.17, 15) is 26.4 Å². The molecule has 28 heavy (non-hydrogen) atoms. The summed E-state index contributed by atoms with van der Waals surface area (Å²) in [6.45, 7) is 1.90. The number of aromatic nitrogens is 2. The third-order valence-corrected chi connectivity index (χ3v) is 6.47. The number of rotatable bonds is 6. The molecule has 154 valence electrons. The van der Waals surface area contributed by atoms with Crippen LogP contribution in [0.25, 0.3) is 11.0 Å². The molecule has 0 aliphatic carbocycles. The number of amides is 1. The number of fused-ring (bicyclic) bond motifs is 1. The van der Waals surface area contributed by atoms with Gasteiger partial charge in [0.05, 0.1) is 16.8 Å². The zero-order valence-corrected chi connectivity index (χ0v) is 16.1. The van der Waals surface area contributed by atoms with Crippen LogP contribution in [0.2, 0.25) is 0 Å². The van der Waals surface area contributed by atoms with Gasteiger partial charge in [0.25, 0.3) is 0 Å². The van der Waals surface area contributed by atoms with Gasteiger partial charge >= 0.3 is 6.18 Å². The molecule has 0 bridgehead atoms. The van der Waals surface area contributed by atoms with Crippen molar-refractivity contribution in [1.82, 2.24) is 19.2 Å². The summed E-state index contributed by atoms with van der Waals surface area (Å²) in [4.78, 5) is 15.8. The lowest BCUT2D eigenvalue weighted by Crippen LogP contribution is -2.37. The van der Waals surface area contributed by atoms with Gasteiger partial charge in [-0.05, 0) is 37.5 Å². The second-order valence-electron chi connectivity index (χ2n) is 6.78. The Morgan fingerprint density at radius 2 is 1.93 bits per heavy atom. The fourth-order valence-electron chi connectivity index (χ4n) is 3.22. The summed E-state index contributed by atoms with van der Waals surface area (Å²) in [6.07, 6.45) is -3.11. The van der Waals surface area contributed by atoms with Gasteiger partial charge < -0.3 is 9.88 Å². The van der Waals surface area contributed by atoms with E-state index < -0.39 is 34.5 Å². The van der Waals surface area contributed by atoms with Crippen molar-refractivity contribution in [3.63, 3.8) is 0 Å². The summed E-state index contributed by atoms with van der Waals surface area (Å²) in [5.74, 6) is -2.15. The summed E-state index contributed by atoms with van der Waals surface area (Å²) < 4.78 is 66.4. The Morgan fingerprint density at radius 3 is 2.57 bits per heavy atom. The molecule has 1 amide bonds. The van der Waals surface area contributed by atoms with Crippen LogP contribution in [0.15, 0.2) is 18.2 Å². The van der Waals surface area contributed by atoms with Gasteiger partial charge in [0.2, 0.25) is 21.8 Å². The van der Waals surface area contributed by atoms with Gasteiger partial charge in [-0.25, -0.2) is 17.7 Å². The number of alkyl halides is 3. The number of carbonyl (C=O) groups is 1. The fourth-order valence-corrected chi connectivity index (χ4v) is 4.66. The van der Waals surface area contributed by atoms with Crippen LogP contribution < -0.4 is 5.32 Å². The fraction of sp³-hybridized carbons (Fsp3) is 0.529. The molecule has 2 heterocycles. The summed E-state index contributed by atoms with van der Waals surface area (Å²) in [6, 6.07) is 4.64. The predicted molar refractivity (Wildman–Crippen MR) is 97.1 cm³/mol. The summed E-state index contributed by atoms with van der Waals surface area (Å²) in [5.41, 5.74) is 1.08. The van der Waals surface area contributed by atoms with E-state index in [4.69, 9.17) is 0 Å². The normalized spacial score (nSPS) is 16.0. The van der Waals surface area contributed by atoms with E-state index in [-0.39, 0.29) is 23.3 Å². The Morgan fingerprint density at radius 1 is 1.25 bits per heavy atom. The molecule has 1 aromatic carbocycles. The minimum absolute atomic E-state index is 0.141. The molecule has 0 atom stereocenters. The monoisotopic (exact) mass is 418 g/mol. The van der Waals surface area contributed by atoms with Crippen LogP contribution in [0.5, 0.6) is 0 Å². The second-order valence-corrected chi connectivity index (χ2v) is 8.87. The number of hydrogen-bond donors (Lipinski definition) is 1.